The van der Waals surface area contributed by atoms with Crippen LogP contribution in [0, 0.1) is 6.92 Å². The van der Waals surface area contributed by atoms with Gasteiger partial charge in [0.05, 0.1) is 5.02 Å². The second-order valence-electron chi connectivity index (χ2n) is 5.04. The molecule has 0 fully saturated rings. The summed E-state index contributed by atoms with van der Waals surface area (Å²) in [6.45, 7) is 4.16. The van der Waals surface area contributed by atoms with Crippen LogP contribution in [0.25, 0.3) is 0 Å². The summed E-state index contributed by atoms with van der Waals surface area (Å²) in [5.41, 5.74) is 2.22. The Hall–Kier alpha value is -1.71. The molecule has 0 saturated carbocycles. The maximum atomic E-state index is 12.1. The molecule has 0 saturated heterocycles. The minimum atomic E-state index is -0.649. The van der Waals surface area contributed by atoms with Crippen LogP contribution >= 0.6 is 23.2 Å². The van der Waals surface area contributed by atoms with Crippen molar-refractivity contribution in [3.8, 4) is 5.75 Å². The molecule has 5 heteroatoms. The van der Waals surface area contributed by atoms with E-state index in [1.807, 2.05) is 31.2 Å². The van der Waals surface area contributed by atoms with Crippen molar-refractivity contribution in [1.29, 1.82) is 0 Å². The summed E-state index contributed by atoms with van der Waals surface area (Å²) in [5, 5.41) is 3.74. The van der Waals surface area contributed by atoms with Crippen LogP contribution in [0.15, 0.2) is 42.5 Å². The van der Waals surface area contributed by atoms with Crippen molar-refractivity contribution in [1.82, 2.24) is 5.32 Å². The molecule has 2 aromatic carbocycles. The number of carbonyl (C=O) groups excluding carboxylic acids is 1. The van der Waals surface area contributed by atoms with Crippen molar-refractivity contribution < 1.29 is 9.53 Å². The molecule has 2 rings (SSSR count). The molecule has 0 radical (unpaired) electrons. The highest BCUT2D eigenvalue weighted by Gasteiger charge is 2.15. The van der Waals surface area contributed by atoms with Crippen molar-refractivity contribution in [2.45, 2.75) is 26.5 Å². The summed E-state index contributed by atoms with van der Waals surface area (Å²) < 4.78 is 5.57. The minimum Gasteiger partial charge on any atom is -0.479 e. The van der Waals surface area contributed by atoms with Gasteiger partial charge in [0.1, 0.15) is 5.75 Å². The average molecular weight is 338 g/mol. The molecule has 0 aliphatic carbocycles. The molecule has 0 spiro atoms. The lowest BCUT2D eigenvalue weighted by Crippen LogP contribution is -2.35. The Morgan fingerprint density at radius 2 is 1.86 bits per heavy atom. The van der Waals surface area contributed by atoms with Crippen LogP contribution in [0.3, 0.4) is 0 Å². The number of benzene rings is 2. The Bertz CT molecular complexity index is 656. The molecular weight excluding hydrogens is 321 g/mol. The van der Waals surface area contributed by atoms with Gasteiger partial charge < -0.3 is 10.1 Å². The van der Waals surface area contributed by atoms with E-state index < -0.39 is 6.10 Å². The first-order valence-electron chi connectivity index (χ1n) is 6.90. The number of amides is 1. The van der Waals surface area contributed by atoms with Crippen molar-refractivity contribution in [2.75, 3.05) is 0 Å². The van der Waals surface area contributed by atoms with Crippen LogP contribution in [-0.4, -0.2) is 12.0 Å². The number of nitrogens with one attached hydrogen (secondary N) is 1. The number of hydrogen-bond acceptors (Lipinski definition) is 2. The van der Waals surface area contributed by atoms with Gasteiger partial charge in [0.25, 0.3) is 5.91 Å². The second kappa shape index (κ2) is 7.52. The van der Waals surface area contributed by atoms with E-state index in [0.29, 0.717) is 22.3 Å². The van der Waals surface area contributed by atoms with Gasteiger partial charge >= 0.3 is 0 Å². The zero-order valence-corrected chi connectivity index (χ0v) is 13.9. The normalized spacial score (nSPS) is 11.8. The summed E-state index contributed by atoms with van der Waals surface area (Å²) in [4.78, 5) is 12.1. The SMILES string of the molecule is Cc1ccc(CNC(=O)[C@H](C)Oc2ccc(Cl)cc2Cl)cc1. The Morgan fingerprint density at radius 1 is 1.18 bits per heavy atom. The van der Waals surface area contributed by atoms with Crippen molar-refractivity contribution >= 4 is 29.1 Å². The molecule has 1 amide bonds. The van der Waals surface area contributed by atoms with Crippen LogP contribution in [0.2, 0.25) is 10.0 Å². The zero-order chi connectivity index (χ0) is 16.1. The van der Waals surface area contributed by atoms with E-state index >= 15 is 0 Å². The fourth-order valence-electron chi connectivity index (χ4n) is 1.85. The number of hydrogen-bond donors (Lipinski definition) is 1. The predicted octanol–water partition coefficient (Wildman–Crippen LogP) is 4.39. The monoisotopic (exact) mass is 337 g/mol. The Morgan fingerprint density at radius 3 is 2.50 bits per heavy atom. The highest BCUT2D eigenvalue weighted by atomic mass is 35.5. The van der Waals surface area contributed by atoms with Crippen molar-refractivity contribution in [3.05, 3.63) is 63.6 Å². The summed E-state index contributed by atoms with van der Waals surface area (Å²) >= 11 is 11.9. The standard InChI is InChI=1S/C17H17Cl2NO2/c1-11-3-5-13(6-4-11)10-20-17(21)12(2)22-16-8-7-14(18)9-15(16)19/h3-9,12H,10H2,1-2H3,(H,20,21)/t12-/m0/s1. The van der Waals surface area contributed by atoms with E-state index in [1.54, 1.807) is 25.1 Å². The number of aryl methyl sites for hydroxylation is 1. The lowest BCUT2D eigenvalue weighted by molar-refractivity contribution is -0.127. The Labute approximate surface area is 140 Å². The maximum Gasteiger partial charge on any atom is 0.261 e. The molecule has 2 aromatic rings. The van der Waals surface area contributed by atoms with Crippen LogP contribution < -0.4 is 10.1 Å². The van der Waals surface area contributed by atoms with E-state index in [0.717, 1.165) is 5.56 Å². The number of halogens is 2. The zero-order valence-electron chi connectivity index (χ0n) is 12.4. The topological polar surface area (TPSA) is 38.3 Å². The van der Waals surface area contributed by atoms with Gasteiger partial charge in [-0.2, -0.15) is 0 Å². The molecular formula is C17H17Cl2NO2. The molecule has 0 aromatic heterocycles. The van der Waals surface area contributed by atoms with E-state index in [2.05, 4.69) is 5.32 Å². The van der Waals surface area contributed by atoms with Crippen LogP contribution in [0.5, 0.6) is 5.75 Å². The highest BCUT2D eigenvalue weighted by Crippen LogP contribution is 2.28. The fraction of sp³-hybridized carbons (Fsp3) is 0.235. The number of rotatable bonds is 5. The third-order valence-electron chi connectivity index (χ3n) is 3.15. The van der Waals surface area contributed by atoms with Crippen molar-refractivity contribution in [3.63, 3.8) is 0 Å². The highest BCUT2D eigenvalue weighted by molar-refractivity contribution is 6.35. The minimum absolute atomic E-state index is 0.202. The van der Waals surface area contributed by atoms with Gasteiger partial charge in [-0.3, -0.25) is 4.79 Å². The molecule has 3 nitrogen and oxygen atoms in total. The van der Waals surface area contributed by atoms with Gasteiger partial charge in [-0.1, -0.05) is 53.0 Å². The first-order chi connectivity index (χ1) is 10.5. The molecule has 1 N–H and O–H groups in total. The quantitative estimate of drug-likeness (QED) is 0.878. The molecule has 0 bridgehead atoms. The number of carbonyl (C=O) groups is 1. The first kappa shape index (κ1) is 16.7. The first-order valence-corrected chi connectivity index (χ1v) is 7.66. The van der Waals surface area contributed by atoms with Gasteiger partial charge in [0, 0.05) is 11.6 Å². The van der Waals surface area contributed by atoms with Gasteiger partial charge in [0.15, 0.2) is 6.10 Å². The lowest BCUT2D eigenvalue weighted by Gasteiger charge is -2.16. The largest absolute Gasteiger partial charge is 0.479 e. The molecule has 0 heterocycles. The molecule has 116 valence electrons. The van der Waals surface area contributed by atoms with Gasteiger partial charge in [-0.15, -0.1) is 0 Å². The second-order valence-corrected chi connectivity index (χ2v) is 5.88. The summed E-state index contributed by atoms with van der Waals surface area (Å²) in [6, 6.07) is 12.9. The number of ether oxygens (including phenoxy) is 1. The van der Waals surface area contributed by atoms with Gasteiger partial charge in [-0.05, 0) is 37.6 Å². The van der Waals surface area contributed by atoms with Crippen LogP contribution in [0.1, 0.15) is 18.1 Å². The molecule has 22 heavy (non-hydrogen) atoms. The molecule has 0 aliphatic rings. The van der Waals surface area contributed by atoms with E-state index in [4.69, 9.17) is 27.9 Å². The summed E-state index contributed by atoms with van der Waals surface area (Å²) in [7, 11) is 0. The smallest absolute Gasteiger partial charge is 0.261 e. The average Bonchev–Trinajstić information content (AvgIpc) is 2.49. The Kier molecular flexibility index (Phi) is 5.69. The van der Waals surface area contributed by atoms with Crippen LogP contribution in [-0.2, 0) is 11.3 Å². The summed E-state index contributed by atoms with van der Waals surface area (Å²) in [6.07, 6.45) is -0.649. The van der Waals surface area contributed by atoms with Gasteiger partial charge in [-0.25, -0.2) is 0 Å². The predicted molar refractivity (Wildman–Crippen MR) is 89.6 cm³/mol. The van der Waals surface area contributed by atoms with E-state index in [-0.39, 0.29) is 5.91 Å². The van der Waals surface area contributed by atoms with E-state index in [9.17, 15) is 4.79 Å². The van der Waals surface area contributed by atoms with E-state index in [1.165, 1.54) is 5.56 Å². The lowest BCUT2D eigenvalue weighted by atomic mass is 10.1. The van der Waals surface area contributed by atoms with Crippen LogP contribution in [0.4, 0.5) is 0 Å². The molecule has 0 aliphatic heterocycles. The van der Waals surface area contributed by atoms with Gasteiger partial charge in [0.2, 0.25) is 0 Å². The Balaban J connectivity index is 1.90. The maximum absolute atomic E-state index is 12.1. The summed E-state index contributed by atoms with van der Waals surface area (Å²) in [5.74, 6) is 0.232. The van der Waals surface area contributed by atoms with Crippen molar-refractivity contribution in [2.24, 2.45) is 0 Å². The molecule has 0 unspecified atom stereocenters. The fourth-order valence-corrected chi connectivity index (χ4v) is 2.31. The molecule has 1 atom stereocenters. The third-order valence-corrected chi connectivity index (χ3v) is 3.68. The third kappa shape index (κ3) is 4.65.